The molecule has 2 nitrogen and oxygen atoms in total. The summed E-state index contributed by atoms with van der Waals surface area (Å²) in [5.41, 5.74) is 5.81. The van der Waals surface area contributed by atoms with Crippen LogP contribution < -0.4 is 0 Å². The lowest BCUT2D eigenvalue weighted by atomic mass is 9.56. The van der Waals surface area contributed by atoms with Gasteiger partial charge in [0, 0.05) is 23.7 Å². The Bertz CT molecular complexity index is 626. The second kappa shape index (κ2) is 5.40. The monoisotopic (exact) mass is 320 g/mol. The first-order chi connectivity index (χ1) is 11.7. The number of allylic oxidation sites excluding steroid dienone is 8. The molecular formula is C22H24O2. The molecule has 0 bridgehead atoms. The summed E-state index contributed by atoms with van der Waals surface area (Å²) in [6.07, 6.45) is 16.3. The Morgan fingerprint density at radius 3 is 1.00 bits per heavy atom. The molecule has 0 radical (unpaired) electrons. The minimum Gasteiger partial charge on any atom is -0.299 e. The number of hydrogen-bond acceptors (Lipinski definition) is 2. The van der Waals surface area contributed by atoms with Gasteiger partial charge in [-0.3, -0.25) is 9.59 Å². The predicted molar refractivity (Wildman–Crippen MR) is 93.2 cm³/mol. The van der Waals surface area contributed by atoms with Gasteiger partial charge in [0.05, 0.1) is 0 Å². The summed E-state index contributed by atoms with van der Waals surface area (Å²) >= 11 is 0. The third-order valence-corrected chi connectivity index (χ3v) is 7.09. The molecule has 1 fully saturated rings. The van der Waals surface area contributed by atoms with Crippen molar-refractivity contribution in [2.75, 3.05) is 0 Å². The third kappa shape index (κ3) is 2.08. The lowest BCUT2D eigenvalue weighted by molar-refractivity contribution is -0.148. The van der Waals surface area contributed by atoms with Crippen LogP contribution in [0.2, 0.25) is 0 Å². The smallest absolute Gasteiger partial charge is 0.141 e. The molecule has 5 rings (SSSR count). The van der Waals surface area contributed by atoms with Crippen molar-refractivity contribution in [1.82, 2.24) is 0 Å². The van der Waals surface area contributed by atoms with Crippen LogP contribution in [-0.4, -0.2) is 11.6 Å². The summed E-state index contributed by atoms with van der Waals surface area (Å²) < 4.78 is 0. The molecule has 0 spiro atoms. The van der Waals surface area contributed by atoms with E-state index in [1.54, 1.807) is 0 Å². The molecular weight excluding hydrogens is 296 g/mol. The zero-order valence-electron chi connectivity index (χ0n) is 14.1. The van der Waals surface area contributed by atoms with Gasteiger partial charge in [-0.25, -0.2) is 0 Å². The van der Waals surface area contributed by atoms with Crippen LogP contribution in [0.4, 0.5) is 0 Å². The van der Waals surface area contributed by atoms with Crippen molar-refractivity contribution >= 4 is 11.6 Å². The van der Waals surface area contributed by atoms with Crippen molar-refractivity contribution in [1.29, 1.82) is 0 Å². The van der Waals surface area contributed by atoms with E-state index >= 15 is 0 Å². The van der Waals surface area contributed by atoms with Crippen LogP contribution in [0, 0.1) is 23.7 Å². The van der Waals surface area contributed by atoms with Crippen molar-refractivity contribution in [3.8, 4) is 0 Å². The van der Waals surface area contributed by atoms with Crippen LogP contribution in [0.1, 0.15) is 51.4 Å². The lowest BCUT2D eigenvalue weighted by Gasteiger charge is -2.45. The van der Waals surface area contributed by atoms with Crippen LogP contribution in [0.3, 0.4) is 0 Å². The number of rotatable bonds is 0. The van der Waals surface area contributed by atoms with Gasteiger partial charge in [-0.15, -0.1) is 0 Å². The quantitative estimate of drug-likeness (QED) is 0.617. The molecule has 0 heterocycles. The highest BCUT2D eigenvalue weighted by atomic mass is 16.1. The van der Waals surface area contributed by atoms with Crippen molar-refractivity contribution < 1.29 is 9.59 Å². The Balaban J connectivity index is 1.47. The Labute approximate surface area is 143 Å². The molecule has 5 aliphatic carbocycles. The summed E-state index contributed by atoms with van der Waals surface area (Å²) in [5, 5.41) is 0. The van der Waals surface area contributed by atoms with Crippen LogP contribution >= 0.6 is 0 Å². The first kappa shape index (κ1) is 14.6. The van der Waals surface area contributed by atoms with E-state index < -0.39 is 0 Å². The molecule has 0 aromatic heterocycles. The van der Waals surface area contributed by atoms with Gasteiger partial charge in [0.1, 0.15) is 11.6 Å². The molecule has 1 saturated carbocycles. The lowest BCUT2D eigenvalue weighted by Crippen LogP contribution is -2.50. The highest BCUT2D eigenvalue weighted by Gasteiger charge is 2.52. The van der Waals surface area contributed by atoms with Crippen molar-refractivity contribution in [3.63, 3.8) is 0 Å². The second-order valence-electron chi connectivity index (χ2n) is 8.22. The van der Waals surface area contributed by atoms with Gasteiger partial charge in [0.25, 0.3) is 0 Å². The molecule has 4 atom stereocenters. The SMILES string of the molecule is O=C1[C@H]2CC3=C(CC=CC3)C[C@H]2C(=O)[C@H]2CC3=C(CC=CC3)C[C@@H]12. The molecule has 0 aliphatic heterocycles. The van der Waals surface area contributed by atoms with E-state index in [-0.39, 0.29) is 23.7 Å². The van der Waals surface area contributed by atoms with Gasteiger partial charge in [0.15, 0.2) is 0 Å². The molecule has 124 valence electrons. The van der Waals surface area contributed by atoms with E-state index in [1.165, 1.54) is 22.3 Å². The minimum absolute atomic E-state index is 0.0229. The molecule has 0 saturated heterocycles. The van der Waals surface area contributed by atoms with Gasteiger partial charge in [-0.2, -0.15) is 0 Å². The highest BCUT2D eigenvalue weighted by Crippen LogP contribution is 2.51. The summed E-state index contributed by atoms with van der Waals surface area (Å²) in [7, 11) is 0. The Morgan fingerprint density at radius 1 is 0.500 bits per heavy atom. The number of Topliss-reactive ketones (excluding diaryl/α,β-unsaturated/α-hetero) is 2. The first-order valence-electron chi connectivity index (χ1n) is 9.49. The van der Waals surface area contributed by atoms with E-state index in [2.05, 4.69) is 24.3 Å². The fourth-order valence-corrected chi connectivity index (χ4v) is 5.77. The molecule has 0 aromatic rings. The number of ketones is 2. The van der Waals surface area contributed by atoms with E-state index in [0.29, 0.717) is 11.6 Å². The first-order valence-corrected chi connectivity index (χ1v) is 9.49. The Morgan fingerprint density at radius 2 is 0.750 bits per heavy atom. The average Bonchev–Trinajstić information content (AvgIpc) is 2.64. The molecule has 2 heteroatoms. The number of fused-ring (bicyclic) bond motifs is 2. The maximum absolute atomic E-state index is 13.3. The maximum atomic E-state index is 13.3. The largest absolute Gasteiger partial charge is 0.299 e. The van der Waals surface area contributed by atoms with Gasteiger partial charge < -0.3 is 0 Å². The van der Waals surface area contributed by atoms with Gasteiger partial charge in [-0.1, -0.05) is 46.6 Å². The fraction of sp³-hybridized carbons (Fsp3) is 0.545. The summed E-state index contributed by atoms with van der Waals surface area (Å²) in [6.45, 7) is 0. The Kier molecular flexibility index (Phi) is 3.29. The number of carbonyl (C=O) groups excluding carboxylic acids is 2. The number of hydrogen-bond donors (Lipinski definition) is 0. The molecule has 5 aliphatic rings. The summed E-state index contributed by atoms with van der Waals surface area (Å²) in [5.74, 6) is 0.727. The maximum Gasteiger partial charge on any atom is 0.141 e. The average molecular weight is 320 g/mol. The minimum atomic E-state index is -0.0229. The van der Waals surface area contributed by atoms with Crippen molar-refractivity contribution in [2.45, 2.75) is 51.4 Å². The molecule has 0 unspecified atom stereocenters. The van der Waals surface area contributed by atoms with Crippen LogP contribution in [-0.2, 0) is 9.59 Å². The predicted octanol–water partition coefficient (Wildman–Crippen LogP) is 4.48. The van der Waals surface area contributed by atoms with E-state index in [4.69, 9.17) is 0 Å². The molecule has 0 amide bonds. The van der Waals surface area contributed by atoms with E-state index in [9.17, 15) is 9.59 Å². The molecule has 0 N–H and O–H groups in total. The molecule has 0 aromatic carbocycles. The zero-order chi connectivity index (χ0) is 16.3. The Hall–Kier alpha value is -1.70. The van der Waals surface area contributed by atoms with E-state index in [1.807, 2.05) is 0 Å². The van der Waals surface area contributed by atoms with Gasteiger partial charge >= 0.3 is 0 Å². The number of carbonyl (C=O) groups is 2. The fourth-order valence-electron chi connectivity index (χ4n) is 5.77. The molecule has 24 heavy (non-hydrogen) atoms. The van der Waals surface area contributed by atoms with Crippen molar-refractivity contribution in [2.24, 2.45) is 23.7 Å². The second-order valence-corrected chi connectivity index (χ2v) is 8.22. The van der Waals surface area contributed by atoms with E-state index in [0.717, 1.165) is 51.4 Å². The third-order valence-electron chi connectivity index (χ3n) is 7.09. The highest BCUT2D eigenvalue weighted by molar-refractivity contribution is 6.00. The zero-order valence-corrected chi connectivity index (χ0v) is 14.1. The topological polar surface area (TPSA) is 34.1 Å². The summed E-state index contributed by atoms with van der Waals surface area (Å²) in [4.78, 5) is 26.5. The standard InChI is InChI=1S/C22H24O2/c23-21-17-9-13-5-1-2-6-14(13)10-18(17)22(24)20-12-16-8-4-3-7-15(16)11-19(20)21/h1-4,17-20H,5-12H2/t17-,18+,19+,20-. The van der Waals surface area contributed by atoms with Crippen LogP contribution in [0.25, 0.3) is 0 Å². The van der Waals surface area contributed by atoms with Crippen LogP contribution in [0.5, 0.6) is 0 Å². The normalized spacial score (nSPS) is 37.8. The van der Waals surface area contributed by atoms with Crippen molar-refractivity contribution in [3.05, 3.63) is 46.6 Å². The summed E-state index contributed by atoms with van der Waals surface area (Å²) in [6, 6.07) is 0. The van der Waals surface area contributed by atoms with Gasteiger partial charge in [0.2, 0.25) is 0 Å². The van der Waals surface area contributed by atoms with Gasteiger partial charge in [-0.05, 0) is 51.4 Å². The van der Waals surface area contributed by atoms with Crippen LogP contribution in [0.15, 0.2) is 46.6 Å².